The van der Waals surface area contributed by atoms with Gasteiger partial charge in [0.25, 0.3) is 0 Å². The second-order valence-electron chi connectivity index (χ2n) is 6.97. The standard InChI is InChI=1S/C17H22N10/c1-2-6-24(7-3-1)16-12-17(19-13-18-16)26-10-8-25(9-11-26)15-5-4-14-20-22-23-27(14)21-15/h4-5,12-13H,1-3,6-11H2. The molecular formula is C17H22N10. The van der Waals surface area contributed by atoms with Crippen LogP contribution in [0.25, 0.3) is 5.65 Å². The van der Waals surface area contributed by atoms with Gasteiger partial charge in [-0.3, -0.25) is 0 Å². The van der Waals surface area contributed by atoms with Crippen molar-refractivity contribution in [3.63, 3.8) is 0 Å². The van der Waals surface area contributed by atoms with Gasteiger partial charge >= 0.3 is 0 Å². The highest BCUT2D eigenvalue weighted by Gasteiger charge is 2.21. The van der Waals surface area contributed by atoms with Crippen molar-refractivity contribution in [1.82, 2.24) is 35.2 Å². The van der Waals surface area contributed by atoms with Crippen molar-refractivity contribution >= 4 is 23.1 Å². The Labute approximate surface area is 156 Å². The van der Waals surface area contributed by atoms with E-state index in [1.165, 1.54) is 23.9 Å². The van der Waals surface area contributed by atoms with Crippen LogP contribution in [0.2, 0.25) is 0 Å². The zero-order chi connectivity index (χ0) is 18.1. The van der Waals surface area contributed by atoms with Gasteiger partial charge < -0.3 is 14.7 Å². The molecule has 0 aliphatic carbocycles. The van der Waals surface area contributed by atoms with Gasteiger partial charge in [-0.15, -0.1) is 14.8 Å². The summed E-state index contributed by atoms with van der Waals surface area (Å²) in [5.41, 5.74) is 0.656. The molecule has 0 N–H and O–H groups in total. The smallest absolute Gasteiger partial charge is 0.200 e. The highest BCUT2D eigenvalue weighted by atomic mass is 15.6. The molecule has 0 spiro atoms. The van der Waals surface area contributed by atoms with Crippen molar-refractivity contribution < 1.29 is 0 Å². The second kappa shape index (κ2) is 6.93. The van der Waals surface area contributed by atoms with Gasteiger partial charge in [-0.25, -0.2) is 9.97 Å². The Morgan fingerprint density at radius 2 is 1.37 bits per heavy atom. The lowest BCUT2D eigenvalue weighted by molar-refractivity contribution is 0.572. The molecule has 0 aromatic carbocycles. The fraction of sp³-hybridized carbons (Fsp3) is 0.529. The molecule has 3 aromatic heterocycles. The Bertz CT molecular complexity index is 911. The SMILES string of the molecule is c1nc(N2CCCCC2)cc(N2CCN(c3ccc4nnnn4n3)CC2)n1. The first kappa shape index (κ1) is 16.2. The molecule has 2 aliphatic heterocycles. The summed E-state index contributed by atoms with van der Waals surface area (Å²) in [5, 5.41) is 15.9. The lowest BCUT2D eigenvalue weighted by atomic mass is 10.1. The van der Waals surface area contributed by atoms with Gasteiger partial charge in [0, 0.05) is 45.3 Å². The number of piperazine rings is 1. The number of aromatic nitrogens is 7. The van der Waals surface area contributed by atoms with E-state index in [2.05, 4.69) is 51.4 Å². The third-order valence-corrected chi connectivity index (χ3v) is 5.30. The second-order valence-corrected chi connectivity index (χ2v) is 6.97. The lowest BCUT2D eigenvalue weighted by Gasteiger charge is -2.36. The van der Waals surface area contributed by atoms with Crippen molar-refractivity contribution in [2.75, 3.05) is 54.0 Å². The maximum absolute atomic E-state index is 4.51. The summed E-state index contributed by atoms with van der Waals surface area (Å²) in [6, 6.07) is 6.00. The van der Waals surface area contributed by atoms with Crippen LogP contribution >= 0.6 is 0 Å². The Balaban J connectivity index is 1.27. The Morgan fingerprint density at radius 1 is 0.704 bits per heavy atom. The molecule has 10 heteroatoms. The van der Waals surface area contributed by atoms with E-state index in [0.717, 1.165) is 56.7 Å². The molecule has 0 bridgehead atoms. The third kappa shape index (κ3) is 3.22. The first-order chi connectivity index (χ1) is 13.4. The summed E-state index contributed by atoms with van der Waals surface area (Å²) in [4.78, 5) is 15.9. The average Bonchev–Trinajstić information content (AvgIpc) is 3.22. The van der Waals surface area contributed by atoms with Gasteiger partial charge in [-0.2, -0.15) is 0 Å². The Morgan fingerprint density at radius 3 is 2.11 bits per heavy atom. The first-order valence-electron chi connectivity index (χ1n) is 9.49. The van der Waals surface area contributed by atoms with E-state index in [1.807, 2.05) is 12.1 Å². The lowest BCUT2D eigenvalue weighted by Crippen LogP contribution is -2.47. The molecule has 5 heterocycles. The number of anilines is 3. The van der Waals surface area contributed by atoms with Crippen molar-refractivity contribution in [1.29, 1.82) is 0 Å². The quantitative estimate of drug-likeness (QED) is 0.661. The summed E-state index contributed by atoms with van der Waals surface area (Å²) < 4.78 is 1.47. The van der Waals surface area contributed by atoms with Crippen LogP contribution in [-0.4, -0.2) is 74.5 Å². The fourth-order valence-corrected chi connectivity index (χ4v) is 3.78. The minimum Gasteiger partial charge on any atom is -0.356 e. The minimum atomic E-state index is 0.656. The Kier molecular flexibility index (Phi) is 4.15. The van der Waals surface area contributed by atoms with E-state index in [0.29, 0.717) is 5.65 Å². The van der Waals surface area contributed by atoms with Crippen molar-refractivity contribution in [2.24, 2.45) is 0 Å². The molecule has 3 aromatic rings. The van der Waals surface area contributed by atoms with Crippen LogP contribution in [0.3, 0.4) is 0 Å². The van der Waals surface area contributed by atoms with Crippen LogP contribution in [0.5, 0.6) is 0 Å². The summed E-state index contributed by atoms with van der Waals surface area (Å²) in [7, 11) is 0. The molecular weight excluding hydrogens is 344 g/mol. The maximum Gasteiger partial charge on any atom is 0.200 e. The van der Waals surface area contributed by atoms with Gasteiger partial charge in [0.2, 0.25) is 0 Å². The number of fused-ring (bicyclic) bond motifs is 1. The van der Waals surface area contributed by atoms with Crippen LogP contribution in [0.1, 0.15) is 19.3 Å². The molecule has 27 heavy (non-hydrogen) atoms. The van der Waals surface area contributed by atoms with Gasteiger partial charge in [0.05, 0.1) is 0 Å². The molecule has 10 nitrogen and oxygen atoms in total. The van der Waals surface area contributed by atoms with Gasteiger partial charge in [-0.05, 0) is 41.8 Å². The normalized spacial score (nSPS) is 18.3. The molecule has 2 saturated heterocycles. The Hall–Kier alpha value is -3.04. The number of hydrogen-bond acceptors (Lipinski definition) is 9. The van der Waals surface area contributed by atoms with Gasteiger partial charge in [-0.1, -0.05) is 0 Å². The highest BCUT2D eigenvalue weighted by molar-refractivity contribution is 5.52. The van der Waals surface area contributed by atoms with E-state index < -0.39 is 0 Å². The maximum atomic E-state index is 4.51. The number of rotatable bonds is 3. The molecule has 5 rings (SSSR count). The summed E-state index contributed by atoms with van der Waals surface area (Å²) >= 11 is 0. The summed E-state index contributed by atoms with van der Waals surface area (Å²) in [6.07, 6.45) is 5.51. The van der Waals surface area contributed by atoms with Crippen molar-refractivity contribution in [3.8, 4) is 0 Å². The number of piperidine rings is 1. The van der Waals surface area contributed by atoms with Crippen LogP contribution in [0.15, 0.2) is 24.5 Å². The zero-order valence-electron chi connectivity index (χ0n) is 15.1. The van der Waals surface area contributed by atoms with E-state index in [9.17, 15) is 0 Å². The topological polar surface area (TPSA) is 91.5 Å². The van der Waals surface area contributed by atoms with Crippen molar-refractivity contribution in [2.45, 2.75) is 19.3 Å². The van der Waals surface area contributed by atoms with Crippen LogP contribution in [-0.2, 0) is 0 Å². The third-order valence-electron chi connectivity index (χ3n) is 5.30. The largest absolute Gasteiger partial charge is 0.356 e. The summed E-state index contributed by atoms with van der Waals surface area (Å²) in [6.45, 7) is 5.73. The predicted octanol–water partition coefficient (Wildman–Crippen LogP) is 0.626. The molecule has 2 fully saturated rings. The van der Waals surface area contributed by atoms with Crippen molar-refractivity contribution in [3.05, 3.63) is 24.5 Å². The van der Waals surface area contributed by atoms with E-state index in [-0.39, 0.29) is 0 Å². The molecule has 2 aliphatic rings. The van der Waals surface area contributed by atoms with E-state index in [1.54, 1.807) is 6.33 Å². The van der Waals surface area contributed by atoms with Crippen LogP contribution in [0.4, 0.5) is 17.5 Å². The molecule has 0 saturated carbocycles. The monoisotopic (exact) mass is 366 g/mol. The van der Waals surface area contributed by atoms with Gasteiger partial charge in [0.15, 0.2) is 11.5 Å². The van der Waals surface area contributed by atoms with Crippen LogP contribution in [0, 0.1) is 0 Å². The zero-order valence-corrected chi connectivity index (χ0v) is 15.1. The highest BCUT2D eigenvalue weighted by Crippen LogP contribution is 2.23. The van der Waals surface area contributed by atoms with E-state index >= 15 is 0 Å². The van der Waals surface area contributed by atoms with E-state index in [4.69, 9.17) is 0 Å². The van der Waals surface area contributed by atoms with Gasteiger partial charge in [0.1, 0.15) is 18.0 Å². The number of nitrogens with zero attached hydrogens (tertiary/aromatic N) is 10. The minimum absolute atomic E-state index is 0.656. The number of tetrazole rings is 1. The number of hydrogen-bond donors (Lipinski definition) is 0. The van der Waals surface area contributed by atoms with Crippen LogP contribution < -0.4 is 14.7 Å². The molecule has 0 radical (unpaired) electrons. The average molecular weight is 366 g/mol. The fourth-order valence-electron chi connectivity index (χ4n) is 3.78. The molecule has 0 amide bonds. The first-order valence-corrected chi connectivity index (χ1v) is 9.49. The molecule has 140 valence electrons. The molecule has 0 unspecified atom stereocenters. The summed E-state index contributed by atoms with van der Waals surface area (Å²) in [5.74, 6) is 2.95. The molecule has 0 atom stereocenters. The predicted molar refractivity (Wildman–Crippen MR) is 101 cm³/mol.